The second kappa shape index (κ2) is 55.9. The van der Waals surface area contributed by atoms with E-state index in [1.165, 1.54) is 83.5 Å². The van der Waals surface area contributed by atoms with Crippen LogP contribution in [-0.4, -0.2) is 37.2 Å². The normalized spacial score (nSPS) is 12.8. The lowest BCUT2D eigenvalue weighted by molar-refractivity contribution is -0.167. The molecule has 0 aliphatic carbocycles. The van der Waals surface area contributed by atoms with Crippen molar-refractivity contribution in [3.8, 4) is 0 Å². The van der Waals surface area contributed by atoms with Crippen molar-refractivity contribution in [2.45, 2.75) is 264 Å². The number of hydrogen-bond acceptors (Lipinski definition) is 6. The maximum Gasteiger partial charge on any atom is 0.306 e. The van der Waals surface area contributed by atoms with Gasteiger partial charge in [0.1, 0.15) is 13.2 Å². The number of carbonyl (C=O) groups excluding carboxylic acids is 3. The molecular weight excluding hydrogens is 841 g/mol. The van der Waals surface area contributed by atoms with Crippen molar-refractivity contribution in [1.82, 2.24) is 0 Å². The molecule has 0 aliphatic rings. The highest BCUT2D eigenvalue weighted by molar-refractivity contribution is 5.71. The van der Waals surface area contributed by atoms with Gasteiger partial charge in [0, 0.05) is 19.3 Å². The summed E-state index contributed by atoms with van der Waals surface area (Å²) in [4.78, 5) is 38.1. The van der Waals surface area contributed by atoms with E-state index in [0.29, 0.717) is 19.3 Å². The van der Waals surface area contributed by atoms with E-state index in [-0.39, 0.29) is 31.1 Å². The Morgan fingerprint density at radius 3 is 0.941 bits per heavy atom. The van der Waals surface area contributed by atoms with Crippen LogP contribution in [0.5, 0.6) is 0 Å². The Bertz CT molecular complexity index is 1360. The summed E-state index contributed by atoms with van der Waals surface area (Å²) < 4.78 is 16.8. The first-order valence-corrected chi connectivity index (χ1v) is 28.2. The molecule has 0 amide bonds. The number of carbonyl (C=O) groups is 3. The fourth-order valence-electron chi connectivity index (χ4n) is 7.54. The first-order chi connectivity index (χ1) is 33.5. The molecule has 0 spiro atoms. The molecule has 388 valence electrons. The maximum atomic E-state index is 12.9. The van der Waals surface area contributed by atoms with Crippen LogP contribution in [0.25, 0.3) is 0 Å². The smallest absolute Gasteiger partial charge is 0.306 e. The van der Waals surface area contributed by atoms with Crippen molar-refractivity contribution in [1.29, 1.82) is 0 Å². The molecule has 0 aromatic heterocycles. The summed E-state index contributed by atoms with van der Waals surface area (Å²) in [5.74, 6) is -0.926. The summed E-state index contributed by atoms with van der Waals surface area (Å²) in [5.41, 5.74) is 0. The molecule has 0 heterocycles. The Hall–Kier alpha value is -3.67. The molecule has 68 heavy (non-hydrogen) atoms. The minimum atomic E-state index is -0.795. The maximum absolute atomic E-state index is 12.9. The summed E-state index contributed by atoms with van der Waals surface area (Å²) in [6.45, 7) is 6.43. The molecule has 0 saturated heterocycles. The predicted molar refractivity (Wildman–Crippen MR) is 293 cm³/mol. The van der Waals surface area contributed by atoms with Crippen molar-refractivity contribution in [3.63, 3.8) is 0 Å². The zero-order valence-electron chi connectivity index (χ0n) is 44.3. The molecule has 1 atom stereocenters. The lowest BCUT2D eigenvalue weighted by atomic mass is 10.1. The minimum absolute atomic E-state index is 0.0934. The van der Waals surface area contributed by atoms with Crippen LogP contribution in [-0.2, 0) is 28.6 Å². The second-order valence-corrected chi connectivity index (χ2v) is 18.5. The summed E-state index contributed by atoms with van der Waals surface area (Å²) in [5, 5.41) is 0. The largest absolute Gasteiger partial charge is 0.462 e. The van der Waals surface area contributed by atoms with Gasteiger partial charge in [-0.25, -0.2) is 0 Å². The molecule has 0 aromatic carbocycles. The van der Waals surface area contributed by atoms with Gasteiger partial charge in [-0.1, -0.05) is 221 Å². The summed E-state index contributed by atoms with van der Waals surface area (Å²) in [6.07, 6.45) is 73.8. The van der Waals surface area contributed by atoms with E-state index in [1.54, 1.807) is 0 Å². The van der Waals surface area contributed by atoms with Crippen LogP contribution in [0.1, 0.15) is 258 Å². The highest BCUT2D eigenvalue weighted by Gasteiger charge is 2.19. The molecule has 0 bridgehead atoms. The lowest BCUT2D eigenvalue weighted by Gasteiger charge is -2.18. The third-order valence-electron chi connectivity index (χ3n) is 11.8. The molecule has 0 aromatic rings. The molecule has 0 aliphatic heterocycles. The molecule has 0 radical (unpaired) electrons. The van der Waals surface area contributed by atoms with Gasteiger partial charge in [0.2, 0.25) is 0 Å². The zero-order valence-corrected chi connectivity index (χ0v) is 44.3. The van der Waals surface area contributed by atoms with Gasteiger partial charge in [-0.05, 0) is 116 Å². The van der Waals surface area contributed by atoms with Crippen LogP contribution in [0.3, 0.4) is 0 Å². The van der Waals surface area contributed by atoms with E-state index < -0.39 is 6.10 Å². The Balaban J connectivity index is 4.44. The molecule has 6 heteroatoms. The van der Waals surface area contributed by atoms with Gasteiger partial charge in [0.05, 0.1) is 0 Å². The summed E-state index contributed by atoms with van der Waals surface area (Å²) >= 11 is 0. The van der Waals surface area contributed by atoms with Crippen LogP contribution in [0, 0.1) is 0 Å². The van der Waals surface area contributed by atoms with E-state index >= 15 is 0 Å². The first-order valence-electron chi connectivity index (χ1n) is 28.2. The monoisotopic (exact) mass is 945 g/mol. The van der Waals surface area contributed by atoms with E-state index in [1.807, 2.05) is 0 Å². The van der Waals surface area contributed by atoms with Gasteiger partial charge in [-0.15, -0.1) is 0 Å². The van der Waals surface area contributed by atoms with Crippen molar-refractivity contribution < 1.29 is 28.6 Å². The summed E-state index contributed by atoms with van der Waals surface area (Å²) in [7, 11) is 0. The third-order valence-corrected chi connectivity index (χ3v) is 11.8. The Morgan fingerprint density at radius 1 is 0.309 bits per heavy atom. The lowest BCUT2D eigenvalue weighted by Crippen LogP contribution is -2.30. The number of unbranched alkanes of at least 4 members (excludes halogenated alkanes) is 23. The Kier molecular flexibility index (Phi) is 52.9. The quantitative estimate of drug-likeness (QED) is 0.0262. The topological polar surface area (TPSA) is 78.9 Å². The van der Waals surface area contributed by atoms with E-state index in [9.17, 15) is 14.4 Å². The molecule has 0 saturated carbocycles. The second-order valence-electron chi connectivity index (χ2n) is 18.5. The molecule has 0 N–H and O–H groups in total. The Labute approximate surface area is 419 Å². The number of rotatable bonds is 50. The fraction of sp³-hybridized carbons (Fsp3) is 0.694. The molecule has 0 fully saturated rings. The van der Waals surface area contributed by atoms with E-state index in [4.69, 9.17) is 14.2 Å². The van der Waals surface area contributed by atoms with E-state index in [2.05, 4.69) is 118 Å². The molecule has 6 nitrogen and oxygen atoms in total. The third kappa shape index (κ3) is 53.3. The van der Waals surface area contributed by atoms with Gasteiger partial charge >= 0.3 is 17.9 Å². The standard InChI is InChI=1S/C62H104O6/c1-4-7-10-13-16-19-22-25-28-30-31-33-34-37-40-43-46-49-52-55-61(64)67-58-59(57-66-60(63)54-51-48-45-42-39-36-27-24-21-18-15-12-9-6-3)68-62(65)56-53-50-47-44-41-38-35-32-29-26-23-20-17-14-11-8-5-2/h7,10,15-20,24-29,31,33,59H,4-6,8-9,11-14,21-23,30,32,34-58H2,1-3H3/b10-7-,18-15-,19-16-,20-17-,27-24-,28-25-,29-26-,33-31-. The van der Waals surface area contributed by atoms with Gasteiger partial charge in [-0.2, -0.15) is 0 Å². The SMILES string of the molecule is CC/C=C\C/C=C\C/C=C\C/C=C\CCCCCCCCC(=O)OCC(COC(=O)CCCCCCC/C=C\C/C=C\CCCC)OC(=O)CCCCCCCCC/C=C\C/C=C\CCCCC. The first kappa shape index (κ1) is 64.3. The van der Waals surface area contributed by atoms with Crippen LogP contribution in [0.4, 0.5) is 0 Å². The average molecular weight is 946 g/mol. The Morgan fingerprint density at radius 2 is 0.588 bits per heavy atom. The molecule has 1 unspecified atom stereocenters. The van der Waals surface area contributed by atoms with Crippen LogP contribution in [0.15, 0.2) is 97.2 Å². The molecule has 0 rings (SSSR count). The van der Waals surface area contributed by atoms with Crippen LogP contribution in [0.2, 0.25) is 0 Å². The van der Waals surface area contributed by atoms with Crippen molar-refractivity contribution in [3.05, 3.63) is 97.2 Å². The van der Waals surface area contributed by atoms with Crippen LogP contribution >= 0.6 is 0 Å². The van der Waals surface area contributed by atoms with Crippen LogP contribution < -0.4 is 0 Å². The number of allylic oxidation sites excluding steroid dienone is 16. The fourth-order valence-corrected chi connectivity index (χ4v) is 7.54. The number of hydrogen-bond donors (Lipinski definition) is 0. The van der Waals surface area contributed by atoms with Crippen molar-refractivity contribution in [2.24, 2.45) is 0 Å². The predicted octanol–water partition coefficient (Wildman–Crippen LogP) is 18.9. The zero-order chi connectivity index (χ0) is 49.3. The number of esters is 3. The highest BCUT2D eigenvalue weighted by atomic mass is 16.6. The van der Waals surface area contributed by atoms with Crippen molar-refractivity contribution >= 4 is 17.9 Å². The minimum Gasteiger partial charge on any atom is -0.462 e. The van der Waals surface area contributed by atoms with Gasteiger partial charge in [0.15, 0.2) is 6.10 Å². The van der Waals surface area contributed by atoms with Gasteiger partial charge in [0.25, 0.3) is 0 Å². The van der Waals surface area contributed by atoms with Crippen molar-refractivity contribution in [2.75, 3.05) is 13.2 Å². The average Bonchev–Trinajstić information content (AvgIpc) is 3.34. The van der Waals surface area contributed by atoms with Gasteiger partial charge < -0.3 is 14.2 Å². The number of ether oxygens (including phenoxy) is 3. The highest BCUT2D eigenvalue weighted by Crippen LogP contribution is 2.14. The van der Waals surface area contributed by atoms with Gasteiger partial charge in [-0.3, -0.25) is 14.4 Å². The van der Waals surface area contributed by atoms with E-state index in [0.717, 1.165) is 135 Å². The molecular formula is C62H104O6. The summed E-state index contributed by atoms with van der Waals surface area (Å²) in [6, 6.07) is 0.